The van der Waals surface area contributed by atoms with Crippen LogP contribution in [-0.2, 0) is 14.7 Å². The van der Waals surface area contributed by atoms with Gasteiger partial charge in [0.15, 0.2) is 17.5 Å². The number of nitrogens with zero attached hydrogens (tertiary/aromatic N) is 3. The lowest BCUT2D eigenvalue weighted by Crippen LogP contribution is -2.41. The molecule has 2 aliphatic carbocycles. The molecule has 6 heteroatoms. The SMILES string of the molecule is CC1(C)OB(c2ccc(C3(C4C=CC(c5nc(-c6ccccc6)nc(-c6ccccc6)n5)=CC4)c4ccccc4-c4ccccc43)cc2)OC1(C)C. The Bertz CT molecular complexity index is 2230. The molecule has 1 aliphatic heterocycles. The molecule has 0 N–H and O–H groups in total. The number of aromatic nitrogens is 3. The molecule has 0 bridgehead atoms. The van der Waals surface area contributed by atoms with Gasteiger partial charge in [-0.05, 0) is 73.3 Å². The minimum Gasteiger partial charge on any atom is -0.399 e. The van der Waals surface area contributed by atoms with Crippen LogP contribution in [0.15, 0.2) is 152 Å². The molecule has 1 unspecified atom stereocenters. The third kappa shape index (κ3) is 5.20. The Morgan fingerprint density at radius 3 is 1.54 bits per heavy atom. The van der Waals surface area contributed by atoms with Gasteiger partial charge in [-0.25, -0.2) is 15.0 Å². The van der Waals surface area contributed by atoms with Gasteiger partial charge in [-0.2, -0.15) is 0 Å². The largest absolute Gasteiger partial charge is 0.494 e. The van der Waals surface area contributed by atoms with Crippen LogP contribution in [0.4, 0.5) is 0 Å². The summed E-state index contributed by atoms with van der Waals surface area (Å²) in [6.07, 6.45) is 7.72. The topological polar surface area (TPSA) is 57.1 Å². The van der Waals surface area contributed by atoms with Crippen LogP contribution in [0.1, 0.15) is 56.6 Å². The Morgan fingerprint density at radius 1 is 0.558 bits per heavy atom. The Hall–Kier alpha value is -5.43. The Kier molecular flexibility index (Phi) is 7.72. The Morgan fingerprint density at radius 2 is 1.04 bits per heavy atom. The quantitative estimate of drug-likeness (QED) is 0.165. The molecule has 9 rings (SSSR count). The predicted octanol–water partition coefficient (Wildman–Crippen LogP) is 9.48. The van der Waals surface area contributed by atoms with Crippen LogP contribution >= 0.6 is 0 Å². The second-order valence-corrected chi connectivity index (χ2v) is 15.0. The van der Waals surface area contributed by atoms with E-state index in [2.05, 4.69) is 119 Å². The maximum Gasteiger partial charge on any atom is 0.494 e. The average molecular weight is 678 g/mol. The molecule has 52 heavy (non-hydrogen) atoms. The molecular weight excluding hydrogens is 637 g/mol. The van der Waals surface area contributed by atoms with Crippen LogP contribution in [0.25, 0.3) is 39.5 Å². The molecule has 0 spiro atoms. The summed E-state index contributed by atoms with van der Waals surface area (Å²) in [7, 11) is -0.417. The molecule has 0 amide bonds. The van der Waals surface area contributed by atoms with Gasteiger partial charge in [-0.15, -0.1) is 0 Å². The highest BCUT2D eigenvalue weighted by Gasteiger charge is 2.52. The van der Waals surface area contributed by atoms with Crippen molar-refractivity contribution in [3.05, 3.63) is 174 Å². The molecule has 5 nitrogen and oxygen atoms in total. The van der Waals surface area contributed by atoms with Crippen molar-refractivity contribution in [3.8, 4) is 33.9 Å². The minimum absolute atomic E-state index is 0.132. The molecule has 3 aliphatic rings. The van der Waals surface area contributed by atoms with Crippen molar-refractivity contribution in [3.63, 3.8) is 0 Å². The first-order chi connectivity index (χ1) is 25.2. The van der Waals surface area contributed by atoms with E-state index in [9.17, 15) is 0 Å². The molecule has 0 radical (unpaired) electrons. The first kappa shape index (κ1) is 32.5. The summed E-state index contributed by atoms with van der Waals surface area (Å²) in [5, 5.41) is 0. The van der Waals surface area contributed by atoms with E-state index in [-0.39, 0.29) is 5.92 Å². The lowest BCUT2D eigenvalue weighted by molar-refractivity contribution is 0.00578. The van der Waals surface area contributed by atoms with Gasteiger partial charge >= 0.3 is 7.12 Å². The smallest absolute Gasteiger partial charge is 0.399 e. The Balaban J connectivity index is 1.13. The van der Waals surface area contributed by atoms with Gasteiger partial charge in [0, 0.05) is 16.7 Å². The summed E-state index contributed by atoms with van der Waals surface area (Å²) >= 11 is 0. The molecule has 1 aromatic heterocycles. The van der Waals surface area contributed by atoms with Gasteiger partial charge in [0.05, 0.1) is 16.6 Å². The van der Waals surface area contributed by atoms with Crippen LogP contribution in [-0.4, -0.2) is 33.3 Å². The van der Waals surface area contributed by atoms with E-state index in [0.29, 0.717) is 17.5 Å². The van der Waals surface area contributed by atoms with Crippen molar-refractivity contribution in [2.45, 2.75) is 50.7 Å². The van der Waals surface area contributed by atoms with Gasteiger partial charge in [0.1, 0.15) is 0 Å². The van der Waals surface area contributed by atoms with Gasteiger partial charge in [0.25, 0.3) is 0 Å². The number of fused-ring (bicyclic) bond motifs is 3. The first-order valence-corrected chi connectivity index (χ1v) is 18.2. The molecule has 1 saturated heterocycles. The second-order valence-electron chi connectivity index (χ2n) is 15.0. The third-order valence-electron chi connectivity index (χ3n) is 11.5. The van der Waals surface area contributed by atoms with E-state index in [1.165, 1.54) is 27.8 Å². The zero-order chi connectivity index (χ0) is 35.5. The monoisotopic (exact) mass is 677 g/mol. The summed E-state index contributed by atoms with van der Waals surface area (Å²) in [6.45, 7) is 8.40. The van der Waals surface area contributed by atoms with Gasteiger partial charge in [0.2, 0.25) is 0 Å². The highest BCUT2D eigenvalue weighted by Crippen LogP contribution is 2.58. The summed E-state index contributed by atoms with van der Waals surface area (Å²) in [5.41, 5.74) is 9.19. The highest BCUT2D eigenvalue weighted by atomic mass is 16.7. The maximum atomic E-state index is 6.44. The van der Waals surface area contributed by atoms with Crippen LogP contribution < -0.4 is 5.46 Å². The molecule has 6 aromatic rings. The number of benzene rings is 5. The van der Waals surface area contributed by atoms with Gasteiger partial charge in [-0.3, -0.25) is 0 Å². The fourth-order valence-corrected chi connectivity index (χ4v) is 8.12. The summed E-state index contributed by atoms with van der Waals surface area (Å²) in [6, 6.07) is 47.1. The fraction of sp³-hybridized carbons (Fsp3) is 0.196. The lowest BCUT2D eigenvalue weighted by atomic mass is 9.61. The van der Waals surface area contributed by atoms with Crippen LogP contribution in [0, 0.1) is 5.92 Å². The Labute approximate surface area is 306 Å². The third-order valence-corrected chi connectivity index (χ3v) is 11.5. The van der Waals surface area contributed by atoms with Gasteiger partial charge in [-0.1, -0.05) is 152 Å². The lowest BCUT2D eigenvalue weighted by Gasteiger charge is -2.40. The van der Waals surface area contributed by atoms with E-state index in [1.807, 2.05) is 60.7 Å². The van der Waals surface area contributed by atoms with Crippen LogP contribution in [0.3, 0.4) is 0 Å². The van der Waals surface area contributed by atoms with E-state index >= 15 is 0 Å². The van der Waals surface area contributed by atoms with Crippen LogP contribution in [0.2, 0.25) is 0 Å². The predicted molar refractivity (Wildman–Crippen MR) is 210 cm³/mol. The molecule has 1 atom stereocenters. The van der Waals surface area contributed by atoms with Crippen LogP contribution in [0.5, 0.6) is 0 Å². The van der Waals surface area contributed by atoms with E-state index < -0.39 is 23.7 Å². The number of allylic oxidation sites excluding steroid dienone is 4. The molecular formula is C46H40BN3O2. The van der Waals surface area contributed by atoms with Crippen molar-refractivity contribution >= 4 is 18.2 Å². The fourth-order valence-electron chi connectivity index (χ4n) is 8.12. The van der Waals surface area contributed by atoms with Gasteiger partial charge < -0.3 is 9.31 Å². The molecule has 2 heterocycles. The van der Waals surface area contributed by atoms with Crippen molar-refractivity contribution in [2.24, 2.45) is 5.92 Å². The summed E-state index contributed by atoms with van der Waals surface area (Å²) < 4.78 is 12.9. The number of rotatable bonds is 6. The average Bonchev–Trinajstić information content (AvgIpc) is 3.61. The highest BCUT2D eigenvalue weighted by molar-refractivity contribution is 6.62. The minimum atomic E-state index is -0.417. The van der Waals surface area contributed by atoms with E-state index in [1.54, 1.807) is 0 Å². The molecule has 254 valence electrons. The standard InChI is InChI=1S/C46H40BN3O2/c1-44(2)45(3,4)52-47(51-44)36-29-27-35(28-30-36)46(39-21-13-11-19-37(39)38-20-12-14-22-40(38)46)34-25-23-33(24-26-34)43-49-41(31-15-7-5-8-16-31)48-42(50-43)32-17-9-6-10-18-32/h5-25,27-30,34H,26H2,1-4H3. The first-order valence-electron chi connectivity index (χ1n) is 18.2. The zero-order valence-electron chi connectivity index (χ0n) is 30.0. The zero-order valence-corrected chi connectivity index (χ0v) is 30.0. The second kappa shape index (κ2) is 12.4. The summed E-state index contributed by atoms with van der Waals surface area (Å²) in [4.78, 5) is 15.0. The molecule has 1 fully saturated rings. The van der Waals surface area contributed by atoms with E-state index in [4.69, 9.17) is 24.3 Å². The van der Waals surface area contributed by atoms with Crippen molar-refractivity contribution in [1.82, 2.24) is 15.0 Å². The normalized spacial score (nSPS) is 19.2. The van der Waals surface area contributed by atoms with Crippen molar-refractivity contribution in [2.75, 3.05) is 0 Å². The number of hydrogen-bond donors (Lipinski definition) is 0. The maximum absolute atomic E-state index is 6.44. The van der Waals surface area contributed by atoms with Crippen molar-refractivity contribution < 1.29 is 9.31 Å². The molecule has 0 saturated carbocycles. The number of hydrogen-bond acceptors (Lipinski definition) is 5. The van der Waals surface area contributed by atoms with E-state index in [0.717, 1.165) is 28.6 Å². The summed E-state index contributed by atoms with van der Waals surface area (Å²) in [5.74, 6) is 2.14. The van der Waals surface area contributed by atoms with Crippen molar-refractivity contribution in [1.29, 1.82) is 0 Å². The molecule has 5 aromatic carbocycles.